The highest BCUT2D eigenvalue weighted by molar-refractivity contribution is 9.10. The highest BCUT2D eigenvalue weighted by Crippen LogP contribution is 2.39. The van der Waals surface area contributed by atoms with Gasteiger partial charge in [-0.2, -0.15) is 0 Å². The zero-order chi connectivity index (χ0) is 13.4. The molecule has 1 aromatic carbocycles. The maximum Gasteiger partial charge on any atom is 0.135 e. The van der Waals surface area contributed by atoms with E-state index in [1.165, 1.54) is 36.9 Å². The van der Waals surface area contributed by atoms with Crippen LogP contribution in [0.4, 0.5) is 5.69 Å². The smallest absolute Gasteiger partial charge is 0.135 e. The van der Waals surface area contributed by atoms with Crippen LogP contribution >= 0.6 is 15.9 Å². The fraction of sp³-hybridized carbons (Fsp3) is 0.562. The van der Waals surface area contributed by atoms with Gasteiger partial charge in [0.1, 0.15) is 5.78 Å². The summed E-state index contributed by atoms with van der Waals surface area (Å²) in [4.78, 5) is 14.5. The number of Topliss-reactive ketones (excluding diaryl/α,β-unsaturated/α-hetero) is 1. The van der Waals surface area contributed by atoms with Crippen LogP contribution in [-0.4, -0.2) is 18.4 Å². The zero-order valence-corrected chi connectivity index (χ0v) is 12.9. The Balaban J connectivity index is 2.04. The van der Waals surface area contributed by atoms with Crippen molar-refractivity contribution >= 4 is 27.4 Å². The summed E-state index contributed by atoms with van der Waals surface area (Å²) in [5, 5.41) is 0. The summed E-state index contributed by atoms with van der Waals surface area (Å²) in [5.41, 5.74) is 2.68. The minimum Gasteiger partial charge on any atom is -0.368 e. The average Bonchev–Trinajstić information content (AvgIpc) is 2.62. The van der Waals surface area contributed by atoms with Crippen molar-refractivity contribution in [1.82, 2.24) is 0 Å². The molecule has 2 heterocycles. The monoisotopic (exact) mass is 321 g/mol. The zero-order valence-electron chi connectivity index (χ0n) is 11.4. The van der Waals surface area contributed by atoms with E-state index in [2.05, 4.69) is 39.0 Å². The maximum absolute atomic E-state index is 12.0. The largest absolute Gasteiger partial charge is 0.368 e. The maximum atomic E-state index is 12.0. The fourth-order valence-corrected chi connectivity index (χ4v) is 4.05. The quantitative estimate of drug-likeness (QED) is 0.780. The van der Waals surface area contributed by atoms with Crippen molar-refractivity contribution in [3.8, 4) is 0 Å². The third kappa shape index (κ3) is 2.45. The highest BCUT2D eigenvalue weighted by Gasteiger charge is 2.37. The van der Waals surface area contributed by atoms with Gasteiger partial charge < -0.3 is 4.90 Å². The Morgan fingerprint density at radius 3 is 2.95 bits per heavy atom. The topological polar surface area (TPSA) is 20.3 Å². The number of anilines is 1. The molecule has 0 saturated carbocycles. The molecule has 3 rings (SSSR count). The van der Waals surface area contributed by atoms with Crippen LogP contribution in [0.3, 0.4) is 0 Å². The molecular weight excluding hydrogens is 302 g/mol. The van der Waals surface area contributed by atoms with Gasteiger partial charge in [0.2, 0.25) is 0 Å². The Morgan fingerprint density at radius 1 is 1.32 bits per heavy atom. The van der Waals surface area contributed by atoms with E-state index in [0.717, 1.165) is 17.4 Å². The molecule has 0 bridgehead atoms. The van der Waals surface area contributed by atoms with Crippen molar-refractivity contribution in [2.45, 2.75) is 45.1 Å². The van der Waals surface area contributed by atoms with Crippen LogP contribution in [0.2, 0.25) is 0 Å². The summed E-state index contributed by atoms with van der Waals surface area (Å²) in [7, 11) is 0. The second kappa shape index (κ2) is 5.28. The van der Waals surface area contributed by atoms with Crippen molar-refractivity contribution in [2.75, 3.05) is 11.4 Å². The molecule has 2 aliphatic heterocycles. The van der Waals surface area contributed by atoms with E-state index in [4.69, 9.17) is 0 Å². The Bertz CT molecular complexity index is 500. The fourth-order valence-electron chi connectivity index (χ4n) is 3.64. The lowest BCUT2D eigenvalue weighted by Gasteiger charge is -2.42. The molecule has 0 spiro atoms. The van der Waals surface area contributed by atoms with Crippen LogP contribution in [0.1, 0.15) is 38.2 Å². The van der Waals surface area contributed by atoms with Gasteiger partial charge in [-0.25, -0.2) is 0 Å². The van der Waals surface area contributed by atoms with Crippen molar-refractivity contribution in [1.29, 1.82) is 0 Å². The standard InChI is InChI=1S/C16H20BrNO/c1-11(19)14-10-12-9-13(17)6-7-15(12)18-8-4-2-3-5-16(14)18/h6-7,9,14,16H,2-5,8,10H2,1H3/t14-,16-/m0/s1. The van der Waals surface area contributed by atoms with Crippen LogP contribution in [0.5, 0.6) is 0 Å². The molecule has 3 heteroatoms. The number of carbonyl (C=O) groups is 1. The van der Waals surface area contributed by atoms with Gasteiger partial charge in [0.15, 0.2) is 0 Å². The molecule has 0 aromatic heterocycles. The van der Waals surface area contributed by atoms with Gasteiger partial charge in [-0.05, 0) is 49.9 Å². The molecule has 0 aliphatic carbocycles. The molecule has 1 saturated heterocycles. The van der Waals surface area contributed by atoms with E-state index in [-0.39, 0.29) is 5.92 Å². The molecule has 1 aromatic rings. The normalized spacial score (nSPS) is 26.3. The van der Waals surface area contributed by atoms with Crippen LogP contribution in [0.15, 0.2) is 22.7 Å². The molecule has 19 heavy (non-hydrogen) atoms. The number of rotatable bonds is 1. The Kier molecular flexibility index (Phi) is 3.66. The summed E-state index contributed by atoms with van der Waals surface area (Å²) in [5.74, 6) is 0.530. The SMILES string of the molecule is CC(=O)[C@@H]1Cc2cc(Br)ccc2N2CCCCC[C@@H]12. The third-order valence-electron chi connectivity index (χ3n) is 4.58. The number of ketones is 1. The third-order valence-corrected chi connectivity index (χ3v) is 5.07. The molecule has 0 amide bonds. The lowest BCUT2D eigenvalue weighted by atomic mass is 9.81. The number of hydrogen-bond acceptors (Lipinski definition) is 2. The number of nitrogens with zero attached hydrogens (tertiary/aromatic N) is 1. The predicted molar refractivity (Wildman–Crippen MR) is 81.6 cm³/mol. The van der Waals surface area contributed by atoms with Crippen LogP contribution < -0.4 is 4.90 Å². The Morgan fingerprint density at radius 2 is 2.16 bits per heavy atom. The van der Waals surface area contributed by atoms with Gasteiger partial charge >= 0.3 is 0 Å². The molecule has 0 radical (unpaired) electrons. The van der Waals surface area contributed by atoms with E-state index in [1.54, 1.807) is 6.92 Å². The minimum absolute atomic E-state index is 0.180. The van der Waals surface area contributed by atoms with Crippen LogP contribution in [0.25, 0.3) is 0 Å². The van der Waals surface area contributed by atoms with E-state index < -0.39 is 0 Å². The number of carbonyl (C=O) groups excluding carboxylic acids is 1. The Hall–Kier alpha value is -0.830. The van der Waals surface area contributed by atoms with Crippen LogP contribution in [-0.2, 0) is 11.2 Å². The van der Waals surface area contributed by atoms with Crippen molar-refractivity contribution in [3.63, 3.8) is 0 Å². The van der Waals surface area contributed by atoms with Gasteiger partial charge in [0.25, 0.3) is 0 Å². The van der Waals surface area contributed by atoms with Gasteiger partial charge in [-0.3, -0.25) is 4.79 Å². The number of benzene rings is 1. The second-order valence-electron chi connectivity index (χ2n) is 5.80. The summed E-state index contributed by atoms with van der Waals surface area (Å²) in [6.45, 7) is 2.86. The van der Waals surface area contributed by atoms with Crippen molar-refractivity contribution in [3.05, 3.63) is 28.2 Å². The molecule has 0 N–H and O–H groups in total. The number of fused-ring (bicyclic) bond motifs is 3. The van der Waals surface area contributed by atoms with E-state index in [0.29, 0.717) is 11.8 Å². The minimum atomic E-state index is 0.180. The predicted octanol–water partition coefficient (Wildman–Crippen LogP) is 3.96. The lowest BCUT2D eigenvalue weighted by molar-refractivity contribution is -0.121. The van der Waals surface area contributed by atoms with E-state index in [9.17, 15) is 4.79 Å². The molecule has 102 valence electrons. The van der Waals surface area contributed by atoms with E-state index in [1.807, 2.05) is 0 Å². The van der Waals surface area contributed by atoms with Crippen molar-refractivity contribution < 1.29 is 4.79 Å². The molecular formula is C16H20BrNO. The second-order valence-corrected chi connectivity index (χ2v) is 6.72. The first-order chi connectivity index (χ1) is 9.16. The summed E-state index contributed by atoms with van der Waals surface area (Å²) in [6, 6.07) is 6.95. The molecule has 1 fully saturated rings. The molecule has 2 aliphatic rings. The van der Waals surface area contributed by atoms with Gasteiger partial charge in [-0.1, -0.05) is 28.8 Å². The van der Waals surface area contributed by atoms with Gasteiger partial charge in [-0.15, -0.1) is 0 Å². The highest BCUT2D eigenvalue weighted by atomic mass is 79.9. The first kappa shape index (κ1) is 13.2. The van der Waals surface area contributed by atoms with Crippen molar-refractivity contribution in [2.24, 2.45) is 5.92 Å². The summed E-state index contributed by atoms with van der Waals surface area (Å²) >= 11 is 3.55. The first-order valence-electron chi connectivity index (χ1n) is 7.22. The average molecular weight is 322 g/mol. The molecule has 2 nitrogen and oxygen atoms in total. The molecule has 0 unspecified atom stereocenters. The van der Waals surface area contributed by atoms with Gasteiger partial charge in [0, 0.05) is 28.7 Å². The Labute approximate surface area is 123 Å². The first-order valence-corrected chi connectivity index (χ1v) is 8.01. The molecule has 2 atom stereocenters. The van der Waals surface area contributed by atoms with Crippen LogP contribution in [0, 0.1) is 5.92 Å². The number of hydrogen-bond donors (Lipinski definition) is 0. The lowest BCUT2D eigenvalue weighted by Crippen LogP contribution is -2.47. The van der Waals surface area contributed by atoms with Gasteiger partial charge in [0.05, 0.1) is 0 Å². The number of halogens is 1. The summed E-state index contributed by atoms with van der Waals surface area (Å²) < 4.78 is 1.11. The van der Waals surface area contributed by atoms with E-state index >= 15 is 0 Å². The summed E-state index contributed by atoms with van der Waals surface area (Å²) in [6.07, 6.45) is 5.88.